The molecule has 5 heteroatoms. The Morgan fingerprint density at radius 1 is 1.16 bits per heavy atom. The quantitative estimate of drug-likeness (QED) is 0.709. The molecule has 1 aliphatic heterocycles. The lowest BCUT2D eigenvalue weighted by molar-refractivity contribution is 0.117. The molecule has 0 aliphatic carbocycles. The first-order chi connectivity index (χ1) is 12.2. The topological polar surface area (TPSA) is 55.1 Å². The average molecular weight is 334 g/mol. The highest BCUT2D eigenvalue weighted by Gasteiger charge is 2.32. The zero-order valence-corrected chi connectivity index (χ0v) is 14.6. The van der Waals surface area contributed by atoms with Crippen LogP contribution in [0, 0.1) is 0 Å². The van der Waals surface area contributed by atoms with Crippen LogP contribution >= 0.6 is 0 Å². The van der Waals surface area contributed by atoms with Gasteiger partial charge in [-0.25, -0.2) is 0 Å². The summed E-state index contributed by atoms with van der Waals surface area (Å²) >= 11 is 0. The largest absolute Gasteiger partial charge is 0.339 e. The molecule has 1 aliphatic rings. The highest BCUT2D eigenvalue weighted by molar-refractivity contribution is 5.51. The highest BCUT2D eigenvalue weighted by atomic mass is 16.5. The van der Waals surface area contributed by atoms with Crippen molar-refractivity contribution < 1.29 is 4.52 Å². The summed E-state index contributed by atoms with van der Waals surface area (Å²) in [7, 11) is 0. The van der Waals surface area contributed by atoms with Gasteiger partial charge in [-0.2, -0.15) is 4.98 Å². The minimum atomic E-state index is 0.327. The Morgan fingerprint density at radius 2 is 1.96 bits per heavy atom. The third-order valence-electron chi connectivity index (χ3n) is 4.72. The van der Waals surface area contributed by atoms with Gasteiger partial charge >= 0.3 is 0 Å². The fourth-order valence-corrected chi connectivity index (χ4v) is 3.13. The van der Waals surface area contributed by atoms with Crippen LogP contribution < -0.4 is 0 Å². The molecule has 0 amide bonds. The van der Waals surface area contributed by atoms with Crippen LogP contribution in [0.2, 0.25) is 0 Å². The van der Waals surface area contributed by atoms with Gasteiger partial charge in [0.2, 0.25) is 11.7 Å². The fourth-order valence-electron chi connectivity index (χ4n) is 3.13. The summed E-state index contributed by atoms with van der Waals surface area (Å²) in [5, 5.41) is 4.08. The summed E-state index contributed by atoms with van der Waals surface area (Å²) in [4.78, 5) is 11.0. The minimum Gasteiger partial charge on any atom is -0.339 e. The molecule has 5 nitrogen and oxygen atoms in total. The molecule has 0 atom stereocenters. The Hall–Kier alpha value is -2.53. The van der Waals surface area contributed by atoms with E-state index in [1.807, 2.05) is 12.1 Å². The van der Waals surface area contributed by atoms with Crippen molar-refractivity contribution in [2.24, 2.45) is 0 Å². The second kappa shape index (κ2) is 6.76. The second-order valence-electron chi connectivity index (χ2n) is 6.99. The molecule has 2 aromatic heterocycles. The van der Waals surface area contributed by atoms with Gasteiger partial charge in [-0.05, 0) is 29.2 Å². The first-order valence-electron chi connectivity index (χ1n) is 8.74. The maximum atomic E-state index is 5.45. The van der Waals surface area contributed by atoms with E-state index in [0.29, 0.717) is 17.7 Å². The summed E-state index contributed by atoms with van der Waals surface area (Å²) < 4.78 is 5.45. The molecule has 1 fully saturated rings. The van der Waals surface area contributed by atoms with Crippen molar-refractivity contribution in [1.82, 2.24) is 20.0 Å². The molecule has 3 aromatic rings. The van der Waals surface area contributed by atoms with Crippen molar-refractivity contribution >= 4 is 0 Å². The van der Waals surface area contributed by atoms with Crippen LogP contribution in [0.5, 0.6) is 0 Å². The number of aromatic nitrogens is 3. The van der Waals surface area contributed by atoms with Gasteiger partial charge in [0, 0.05) is 37.6 Å². The van der Waals surface area contributed by atoms with Crippen LogP contribution in [0.1, 0.15) is 42.7 Å². The fraction of sp³-hybridized carbons (Fsp3) is 0.350. The Kier molecular flexibility index (Phi) is 4.32. The number of nitrogens with zero attached hydrogens (tertiary/aromatic N) is 4. The SMILES string of the molecule is CC(C)c1ccc(CN2CC(c3nc(-c4cccnc4)no3)C2)cc1. The molecular weight excluding hydrogens is 312 g/mol. The predicted octanol–water partition coefficient (Wildman–Crippen LogP) is 3.85. The molecular formula is C20H22N4O. The highest BCUT2D eigenvalue weighted by Crippen LogP contribution is 2.29. The van der Waals surface area contributed by atoms with Crippen LogP contribution in [0.3, 0.4) is 0 Å². The van der Waals surface area contributed by atoms with Gasteiger partial charge in [-0.3, -0.25) is 9.88 Å². The molecule has 128 valence electrons. The van der Waals surface area contributed by atoms with E-state index in [1.165, 1.54) is 11.1 Å². The molecule has 0 unspecified atom stereocenters. The van der Waals surface area contributed by atoms with Crippen molar-refractivity contribution in [3.8, 4) is 11.4 Å². The summed E-state index contributed by atoms with van der Waals surface area (Å²) in [5.41, 5.74) is 3.63. The molecule has 0 N–H and O–H groups in total. The van der Waals surface area contributed by atoms with Crippen molar-refractivity contribution in [3.05, 3.63) is 65.8 Å². The maximum absolute atomic E-state index is 5.45. The lowest BCUT2D eigenvalue weighted by Gasteiger charge is -2.37. The molecule has 3 heterocycles. The number of hydrogen-bond acceptors (Lipinski definition) is 5. The molecule has 1 saturated heterocycles. The molecule has 4 rings (SSSR count). The summed E-state index contributed by atoms with van der Waals surface area (Å²) in [5.74, 6) is 2.25. The van der Waals surface area contributed by atoms with Crippen LogP contribution in [0.25, 0.3) is 11.4 Å². The maximum Gasteiger partial charge on any atom is 0.232 e. The number of likely N-dealkylation sites (tertiary alicyclic amines) is 1. The number of benzene rings is 1. The first-order valence-corrected chi connectivity index (χ1v) is 8.74. The zero-order chi connectivity index (χ0) is 17.2. The third-order valence-corrected chi connectivity index (χ3v) is 4.72. The molecule has 0 saturated carbocycles. The number of pyridine rings is 1. The summed E-state index contributed by atoms with van der Waals surface area (Å²) in [6.45, 7) is 7.33. The van der Waals surface area contributed by atoms with E-state index in [2.05, 4.69) is 58.1 Å². The molecule has 0 bridgehead atoms. The van der Waals surface area contributed by atoms with E-state index in [4.69, 9.17) is 4.52 Å². The second-order valence-corrected chi connectivity index (χ2v) is 6.99. The van der Waals surface area contributed by atoms with Gasteiger partial charge in [0.05, 0.1) is 5.92 Å². The molecule has 25 heavy (non-hydrogen) atoms. The summed E-state index contributed by atoms with van der Waals surface area (Å²) in [6.07, 6.45) is 3.49. The number of hydrogen-bond donors (Lipinski definition) is 0. The Balaban J connectivity index is 1.34. The Bertz CT molecular complexity index is 820. The van der Waals surface area contributed by atoms with Gasteiger partial charge in [-0.1, -0.05) is 43.3 Å². The molecule has 0 spiro atoms. The van der Waals surface area contributed by atoms with Crippen molar-refractivity contribution in [1.29, 1.82) is 0 Å². The Labute approximate surface area is 147 Å². The monoisotopic (exact) mass is 334 g/mol. The van der Waals surface area contributed by atoms with Crippen LogP contribution in [-0.4, -0.2) is 33.1 Å². The van der Waals surface area contributed by atoms with Crippen LogP contribution in [0.15, 0.2) is 53.3 Å². The Morgan fingerprint density at radius 3 is 2.64 bits per heavy atom. The molecule has 0 radical (unpaired) electrons. The van der Waals surface area contributed by atoms with Crippen LogP contribution in [-0.2, 0) is 6.54 Å². The van der Waals surface area contributed by atoms with E-state index in [0.717, 1.165) is 31.1 Å². The molecule has 1 aromatic carbocycles. The summed E-state index contributed by atoms with van der Waals surface area (Å²) in [6, 6.07) is 12.7. The average Bonchev–Trinajstić information content (AvgIpc) is 3.08. The van der Waals surface area contributed by atoms with Crippen molar-refractivity contribution in [2.45, 2.75) is 32.2 Å². The normalized spacial score (nSPS) is 15.5. The lowest BCUT2D eigenvalue weighted by Crippen LogP contribution is -2.44. The van der Waals surface area contributed by atoms with Gasteiger partial charge < -0.3 is 4.52 Å². The van der Waals surface area contributed by atoms with E-state index >= 15 is 0 Å². The first kappa shape index (κ1) is 16.0. The van der Waals surface area contributed by atoms with Crippen molar-refractivity contribution in [2.75, 3.05) is 13.1 Å². The number of rotatable bonds is 5. The smallest absolute Gasteiger partial charge is 0.232 e. The third kappa shape index (κ3) is 3.46. The standard InChI is InChI=1S/C20H22N4O/c1-14(2)16-7-5-15(6-8-16)11-24-12-18(13-24)20-22-19(23-25-20)17-4-3-9-21-10-17/h3-10,14,18H,11-13H2,1-2H3. The van der Waals surface area contributed by atoms with E-state index in [9.17, 15) is 0 Å². The van der Waals surface area contributed by atoms with Gasteiger partial charge in [0.15, 0.2) is 0 Å². The van der Waals surface area contributed by atoms with E-state index < -0.39 is 0 Å². The van der Waals surface area contributed by atoms with E-state index in [1.54, 1.807) is 12.4 Å². The zero-order valence-electron chi connectivity index (χ0n) is 14.6. The van der Waals surface area contributed by atoms with Gasteiger partial charge in [-0.15, -0.1) is 0 Å². The van der Waals surface area contributed by atoms with Crippen LogP contribution in [0.4, 0.5) is 0 Å². The lowest BCUT2D eigenvalue weighted by atomic mass is 9.98. The van der Waals surface area contributed by atoms with Crippen molar-refractivity contribution in [3.63, 3.8) is 0 Å². The predicted molar refractivity (Wildman–Crippen MR) is 96.1 cm³/mol. The van der Waals surface area contributed by atoms with Gasteiger partial charge in [0.25, 0.3) is 0 Å². The van der Waals surface area contributed by atoms with Gasteiger partial charge in [0.1, 0.15) is 0 Å². The van der Waals surface area contributed by atoms with E-state index in [-0.39, 0.29) is 0 Å². The minimum absolute atomic E-state index is 0.327.